The molecule has 0 atom stereocenters. The lowest BCUT2D eigenvalue weighted by Crippen LogP contribution is -2.28. The molecular weight excluding hydrogens is 801 g/mol. The molecule has 1 aliphatic rings. The lowest BCUT2D eigenvalue weighted by molar-refractivity contribution is 0.669. The molecular formula is C63H40N2O. The molecule has 66 heavy (non-hydrogen) atoms. The zero-order chi connectivity index (χ0) is 43.6. The minimum atomic E-state index is -0.448. The number of fused-ring (bicyclic) bond motifs is 7. The molecule has 12 aromatic rings. The van der Waals surface area contributed by atoms with Crippen molar-refractivity contribution in [3.63, 3.8) is 0 Å². The van der Waals surface area contributed by atoms with Crippen LogP contribution in [0.3, 0.4) is 0 Å². The van der Waals surface area contributed by atoms with Gasteiger partial charge in [0.2, 0.25) is 0 Å². The van der Waals surface area contributed by atoms with Gasteiger partial charge < -0.3 is 4.42 Å². The van der Waals surface area contributed by atoms with E-state index in [2.05, 4.69) is 231 Å². The molecule has 308 valence electrons. The minimum Gasteiger partial charge on any atom is -0.456 e. The summed E-state index contributed by atoms with van der Waals surface area (Å²) in [6, 6.07) is 87.1. The topological polar surface area (TPSA) is 38.9 Å². The molecule has 0 saturated carbocycles. The molecule has 0 bridgehead atoms. The fourth-order valence-corrected chi connectivity index (χ4v) is 10.6. The molecule has 1 aliphatic carbocycles. The highest BCUT2D eigenvalue weighted by Gasteiger charge is 2.46. The zero-order valence-electron chi connectivity index (χ0n) is 35.9. The molecule has 0 aliphatic heterocycles. The molecule has 3 nitrogen and oxygen atoms in total. The molecule has 0 amide bonds. The van der Waals surface area contributed by atoms with Crippen molar-refractivity contribution in [1.82, 2.24) is 9.97 Å². The predicted octanol–water partition coefficient (Wildman–Crippen LogP) is 16.2. The van der Waals surface area contributed by atoms with Crippen LogP contribution in [0.4, 0.5) is 0 Å². The Kier molecular flexibility index (Phi) is 8.75. The van der Waals surface area contributed by atoms with Crippen LogP contribution in [0.5, 0.6) is 0 Å². The summed E-state index contributed by atoms with van der Waals surface area (Å²) in [5, 5.41) is 4.39. The Morgan fingerprint density at radius 1 is 0.288 bits per heavy atom. The fraction of sp³-hybridized carbons (Fsp3) is 0.0159. The lowest BCUT2D eigenvalue weighted by atomic mass is 9.67. The Hall–Kier alpha value is -8.66. The van der Waals surface area contributed by atoms with Gasteiger partial charge in [-0.15, -0.1) is 0 Å². The van der Waals surface area contributed by atoms with E-state index in [0.717, 1.165) is 77.5 Å². The van der Waals surface area contributed by atoms with Crippen LogP contribution in [0.25, 0.3) is 100.0 Å². The van der Waals surface area contributed by atoms with Crippen molar-refractivity contribution in [3.05, 3.63) is 265 Å². The second kappa shape index (κ2) is 15.3. The Morgan fingerprint density at radius 2 is 0.803 bits per heavy atom. The zero-order valence-corrected chi connectivity index (χ0v) is 35.9. The summed E-state index contributed by atoms with van der Waals surface area (Å²) in [7, 11) is 0. The number of rotatable bonds is 7. The SMILES string of the molecule is c1ccc(-c2ccc(-c3cc(-c4ccc5oc6ccccc6c5c4)nc(-c4ccc(-c5ccc6c(c5)-c5ccccc5C6(c5ccccc5)c5ccccc5)c5ccccc45)n3)cc2)cc1. The van der Waals surface area contributed by atoms with E-state index in [0.29, 0.717) is 5.82 Å². The third-order valence-electron chi connectivity index (χ3n) is 13.6. The van der Waals surface area contributed by atoms with Crippen molar-refractivity contribution >= 4 is 32.7 Å². The second-order valence-electron chi connectivity index (χ2n) is 17.2. The molecule has 0 radical (unpaired) electrons. The molecule has 0 saturated heterocycles. The maximum Gasteiger partial charge on any atom is 0.161 e. The highest BCUT2D eigenvalue weighted by atomic mass is 16.3. The summed E-state index contributed by atoms with van der Waals surface area (Å²) < 4.78 is 6.23. The van der Waals surface area contributed by atoms with Crippen LogP contribution in [-0.2, 0) is 5.41 Å². The van der Waals surface area contributed by atoms with E-state index in [1.54, 1.807) is 0 Å². The van der Waals surface area contributed by atoms with Crippen molar-refractivity contribution in [3.8, 4) is 67.3 Å². The van der Waals surface area contributed by atoms with Crippen molar-refractivity contribution in [1.29, 1.82) is 0 Å². The maximum atomic E-state index is 6.23. The van der Waals surface area contributed by atoms with Gasteiger partial charge in [-0.25, -0.2) is 9.97 Å². The number of para-hydroxylation sites is 1. The summed E-state index contributed by atoms with van der Waals surface area (Å²) in [6.07, 6.45) is 0. The number of nitrogens with zero attached hydrogens (tertiary/aromatic N) is 2. The molecule has 2 heterocycles. The molecule has 2 aromatic heterocycles. The standard InChI is InChI=1S/C63H40N2O/c1-4-16-41(17-5-1)42-28-30-43(31-29-42)58-40-59(45-33-37-61-55(39-45)52-25-13-15-27-60(52)66-61)65-62(64-58)53-35-34-48(49-22-10-11-23-50(49)53)44-32-36-57-54(38-44)51-24-12-14-26-56(51)63(57,46-18-6-2-7-19-46)47-20-8-3-9-21-47/h1-40H. The second-order valence-corrected chi connectivity index (χ2v) is 17.2. The number of benzene rings is 10. The summed E-state index contributed by atoms with van der Waals surface area (Å²) in [5.41, 5.74) is 18.3. The Morgan fingerprint density at radius 3 is 1.55 bits per heavy atom. The molecule has 0 unspecified atom stereocenters. The molecule has 3 heteroatoms. The smallest absolute Gasteiger partial charge is 0.161 e. The van der Waals surface area contributed by atoms with Gasteiger partial charge in [-0.1, -0.05) is 200 Å². The summed E-state index contributed by atoms with van der Waals surface area (Å²) in [5.74, 6) is 0.674. The Balaban J connectivity index is 0.975. The lowest BCUT2D eigenvalue weighted by Gasteiger charge is -2.33. The van der Waals surface area contributed by atoms with Crippen molar-refractivity contribution < 1.29 is 4.42 Å². The van der Waals surface area contributed by atoms with Gasteiger partial charge in [0.15, 0.2) is 5.82 Å². The van der Waals surface area contributed by atoms with Gasteiger partial charge in [0.1, 0.15) is 11.2 Å². The summed E-state index contributed by atoms with van der Waals surface area (Å²) >= 11 is 0. The van der Waals surface area contributed by atoms with E-state index in [1.807, 2.05) is 12.1 Å². The van der Waals surface area contributed by atoms with Crippen LogP contribution in [0, 0.1) is 0 Å². The van der Waals surface area contributed by atoms with Crippen LogP contribution in [0.1, 0.15) is 22.3 Å². The van der Waals surface area contributed by atoms with Gasteiger partial charge in [-0.05, 0) is 109 Å². The van der Waals surface area contributed by atoms with E-state index in [1.165, 1.54) is 38.9 Å². The molecule has 10 aromatic carbocycles. The first-order chi connectivity index (χ1) is 32.7. The minimum absolute atomic E-state index is 0.448. The summed E-state index contributed by atoms with van der Waals surface area (Å²) in [6.45, 7) is 0. The number of hydrogen-bond acceptors (Lipinski definition) is 3. The average Bonchev–Trinajstić information content (AvgIpc) is 3.92. The van der Waals surface area contributed by atoms with E-state index in [4.69, 9.17) is 14.4 Å². The number of hydrogen-bond donors (Lipinski definition) is 0. The van der Waals surface area contributed by atoms with Gasteiger partial charge in [0.05, 0.1) is 16.8 Å². The maximum absolute atomic E-state index is 6.23. The highest BCUT2D eigenvalue weighted by molar-refractivity contribution is 6.07. The quantitative estimate of drug-likeness (QED) is 0.160. The van der Waals surface area contributed by atoms with Gasteiger partial charge >= 0.3 is 0 Å². The molecule has 0 spiro atoms. The van der Waals surface area contributed by atoms with Gasteiger partial charge in [-0.3, -0.25) is 0 Å². The van der Waals surface area contributed by atoms with Crippen LogP contribution < -0.4 is 0 Å². The van der Waals surface area contributed by atoms with Crippen molar-refractivity contribution in [2.45, 2.75) is 5.41 Å². The predicted molar refractivity (Wildman–Crippen MR) is 271 cm³/mol. The molecule has 0 fully saturated rings. The van der Waals surface area contributed by atoms with E-state index in [-0.39, 0.29) is 0 Å². The highest BCUT2D eigenvalue weighted by Crippen LogP contribution is 2.57. The van der Waals surface area contributed by atoms with Gasteiger partial charge in [-0.2, -0.15) is 0 Å². The van der Waals surface area contributed by atoms with Crippen molar-refractivity contribution in [2.75, 3.05) is 0 Å². The van der Waals surface area contributed by atoms with Gasteiger partial charge in [0, 0.05) is 27.5 Å². The molecule has 13 rings (SSSR count). The first-order valence-electron chi connectivity index (χ1n) is 22.6. The Labute approximate surface area is 383 Å². The third-order valence-corrected chi connectivity index (χ3v) is 13.6. The Bertz CT molecular complexity index is 3760. The van der Waals surface area contributed by atoms with E-state index in [9.17, 15) is 0 Å². The van der Waals surface area contributed by atoms with Gasteiger partial charge in [0.25, 0.3) is 0 Å². The molecule has 0 N–H and O–H groups in total. The van der Waals surface area contributed by atoms with Crippen LogP contribution in [0.15, 0.2) is 247 Å². The number of furan rings is 1. The average molecular weight is 841 g/mol. The van der Waals surface area contributed by atoms with Crippen LogP contribution in [0.2, 0.25) is 0 Å². The third kappa shape index (κ3) is 5.98. The van der Waals surface area contributed by atoms with Crippen molar-refractivity contribution in [2.24, 2.45) is 0 Å². The first-order valence-corrected chi connectivity index (χ1v) is 22.6. The van der Waals surface area contributed by atoms with E-state index < -0.39 is 5.41 Å². The largest absolute Gasteiger partial charge is 0.456 e. The number of aromatic nitrogens is 2. The van der Waals surface area contributed by atoms with E-state index >= 15 is 0 Å². The normalized spacial score (nSPS) is 12.7. The first kappa shape index (κ1) is 37.9. The monoisotopic (exact) mass is 840 g/mol. The van der Waals surface area contributed by atoms with Crippen LogP contribution in [-0.4, -0.2) is 9.97 Å². The fourth-order valence-electron chi connectivity index (χ4n) is 10.6. The van der Waals surface area contributed by atoms with Crippen LogP contribution >= 0.6 is 0 Å². The summed E-state index contributed by atoms with van der Waals surface area (Å²) in [4.78, 5) is 10.8.